The lowest BCUT2D eigenvalue weighted by Crippen LogP contribution is -2.42. The van der Waals surface area contributed by atoms with Crippen molar-refractivity contribution < 1.29 is 31.5 Å². The summed E-state index contributed by atoms with van der Waals surface area (Å²) in [6.07, 6.45) is -0.674. The first kappa shape index (κ1) is 22.4. The molecule has 2 aliphatic carbocycles. The summed E-state index contributed by atoms with van der Waals surface area (Å²) in [4.78, 5) is 19.3. The molecule has 1 aliphatic heterocycles. The Morgan fingerprint density at radius 1 is 1.12 bits per heavy atom. The Balaban J connectivity index is 1.48. The fourth-order valence-corrected chi connectivity index (χ4v) is 6.46. The summed E-state index contributed by atoms with van der Waals surface area (Å²) in [7, 11) is -2.64. The molecule has 1 aromatic carbocycles. The molecule has 0 spiro atoms. The smallest absolute Gasteiger partial charge is 0.340 e. The standard InChI is InChI=1S/C22H23F4N3O3S/c23-17-4-3-14(10-16(17)22(24,25)26)28-20-19-13-2-1-12(9-13)18(19)15(11-27-20)21(30)29-5-7-33(31,32)8-6-29/h3-4,10-13,31-32H,1-2,5-9H2,(H,27,28). The van der Waals surface area contributed by atoms with Gasteiger partial charge < -0.3 is 10.2 Å². The first-order chi connectivity index (χ1) is 15.5. The van der Waals surface area contributed by atoms with Crippen LogP contribution in [0.25, 0.3) is 0 Å². The molecule has 3 N–H and O–H groups in total. The molecule has 3 aliphatic rings. The molecule has 2 atom stereocenters. The Hall–Kier alpha value is -2.37. The molecular formula is C22H23F4N3O3S. The zero-order chi connectivity index (χ0) is 23.5. The molecule has 2 fully saturated rings. The molecule has 1 aromatic heterocycles. The molecule has 2 heterocycles. The van der Waals surface area contributed by atoms with Crippen LogP contribution < -0.4 is 5.32 Å². The van der Waals surface area contributed by atoms with Crippen molar-refractivity contribution in [2.45, 2.75) is 37.3 Å². The Morgan fingerprint density at radius 2 is 1.79 bits per heavy atom. The van der Waals surface area contributed by atoms with Crippen LogP contribution in [0.15, 0.2) is 24.4 Å². The lowest BCUT2D eigenvalue weighted by molar-refractivity contribution is -0.139. The molecule has 33 heavy (non-hydrogen) atoms. The van der Waals surface area contributed by atoms with Gasteiger partial charge in [0.2, 0.25) is 0 Å². The van der Waals surface area contributed by atoms with Gasteiger partial charge in [-0.1, -0.05) is 0 Å². The van der Waals surface area contributed by atoms with Gasteiger partial charge in [0.05, 0.1) is 22.6 Å². The monoisotopic (exact) mass is 485 g/mol. The molecular weight excluding hydrogens is 462 g/mol. The topological polar surface area (TPSA) is 85.7 Å². The van der Waals surface area contributed by atoms with Crippen molar-refractivity contribution in [1.82, 2.24) is 9.88 Å². The third-order valence-electron chi connectivity index (χ3n) is 6.84. The molecule has 0 radical (unpaired) electrons. The second kappa shape index (κ2) is 7.85. The van der Waals surface area contributed by atoms with E-state index in [1.165, 1.54) is 12.3 Å². The minimum absolute atomic E-state index is 0.0708. The van der Waals surface area contributed by atoms with Gasteiger partial charge in [0, 0.05) is 30.5 Å². The molecule has 2 unspecified atom stereocenters. The van der Waals surface area contributed by atoms with E-state index in [2.05, 4.69) is 10.3 Å². The van der Waals surface area contributed by atoms with E-state index in [1.54, 1.807) is 4.90 Å². The van der Waals surface area contributed by atoms with Crippen LogP contribution in [0.3, 0.4) is 0 Å². The molecule has 2 bridgehead atoms. The summed E-state index contributed by atoms with van der Waals surface area (Å²) in [5.41, 5.74) is 0.909. The van der Waals surface area contributed by atoms with Crippen molar-refractivity contribution in [2.75, 3.05) is 29.9 Å². The summed E-state index contributed by atoms with van der Waals surface area (Å²) in [5.74, 6) is -0.543. The SMILES string of the molecule is O=C(c1cnc(Nc2ccc(F)c(C(F)(F)F)c2)c2c1C1CCC2C1)N1CCS(O)(O)CC1. The second-order valence-corrected chi connectivity index (χ2v) is 11.3. The number of anilines is 2. The van der Waals surface area contributed by atoms with Crippen molar-refractivity contribution in [3.8, 4) is 0 Å². The van der Waals surface area contributed by atoms with E-state index in [1.807, 2.05) is 0 Å². The molecule has 1 saturated heterocycles. The van der Waals surface area contributed by atoms with Crippen LogP contribution >= 0.6 is 10.6 Å². The molecule has 178 valence electrons. The van der Waals surface area contributed by atoms with Gasteiger partial charge in [-0.05, 0) is 54.9 Å². The van der Waals surface area contributed by atoms with Gasteiger partial charge in [-0.25, -0.2) is 9.37 Å². The van der Waals surface area contributed by atoms with E-state index in [4.69, 9.17) is 0 Å². The van der Waals surface area contributed by atoms with Crippen molar-refractivity contribution in [3.05, 3.63) is 52.5 Å². The van der Waals surface area contributed by atoms with Crippen LogP contribution in [0.2, 0.25) is 0 Å². The predicted octanol–water partition coefficient (Wildman–Crippen LogP) is 5.55. The zero-order valence-corrected chi connectivity index (χ0v) is 18.3. The average molecular weight is 486 g/mol. The van der Waals surface area contributed by atoms with E-state index in [-0.39, 0.29) is 48.0 Å². The van der Waals surface area contributed by atoms with Crippen LogP contribution in [-0.2, 0) is 6.18 Å². The minimum Gasteiger partial charge on any atom is -0.340 e. The van der Waals surface area contributed by atoms with Gasteiger partial charge in [-0.2, -0.15) is 23.8 Å². The number of alkyl halides is 3. The quantitative estimate of drug-likeness (QED) is 0.496. The Kier molecular flexibility index (Phi) is 5.33. The maximum absolute atomic E-state index is 13.7. The number of nitrogens with one attached hydrogen (secondary N) is 1. The number of hydrogen-bond donors (Lipinski definition) is 3. The summed E-state index contributed by atoms with van der Waals surface area (Å²) in [6, 6.07) is 2.73. The Bertz CT molecular complexity index is 1110. The fourth-order valence-electron chi connectivity index (χ4n) is 5.23. The highest BCUT2D eigenvalue weighted by molar-refractivity contribution is 8.24. The molecule has 6 nitrogen and oxygen atoms in total. The molecule has 1 amide bonds. The van der Waals surface area contributed by atoms with E-state index >= 15 is 0 Å². The number of benzene rings is 1. The zero-order valence-electron chi connectivity index (χ0n) is 17.5. The Labute approximate surface area is 189 Å². The molecule has 2 aromatic rings. The van der Waals surface area contributed by atoms with Crippen molar-refractivity contribution in [2.24, 2.45) is 0 Å². The summed E-state index contributed by atoms with van der Waals surface area (Å²) >= 11 is 0. The highest BCUT2D eigenvalue weighted by Gasteiger charge is 2.43. The van der Waals surface area contributed by atoms with Gasteiger partial charge in [-0.15, -0.1) is 0 Å². The largest absolute Gasteiger partial charge is 0.419 e. The normalized spacial score (nSPS) is 24.5. The van der Waals surface area contributed by atoms with Crippen molar-refractivity contribution in [3.63, 3.8) is 0 Å². The summed E-state index contributed by atoms with van der Waals surface area (Å²) < 4.78 is 72.7. The van der Waals surface area contributed by atoms with E-state index in [0.717, 1.165) is 42.5 Å². The van der Waals surface area contributed by atoms with Crippen molar-refractivity contribution >= 4 is 28.0 Å². The van der Waals surface area contributed by atoms with E-state index in [9.17, 15) is 31.5 Å². The van der Waals surface area contributed by atoms with Gasteiger partial charge in [0.1, 0.15) is 11.6 Å². The third-order valence-corrected chi connectivity index (χ3v) is 8.51. The van der Waals surface area contributed by atoms with Crippen LogP contribution in [0.4, 0.5) is 29.1 Å². The number of fused-ring (bicyclic) bond motifs is 5. The number of halogens is 4. The summed E-state index contributed by atoms with van der Waals surface area (Å²) in [6.45, 7) is 0.500. The Morgan fingerprint density at radius 3 is 2.45 bits per heavy atom. The van der Waals surface area contributed by atoms with Gasteiger partial charge in [0.25, 0.3) is 5.91 Å². The molecule has 11 heteroatoms. The minimum atomic E-state index is -4.82. The molecule has 1 saturated carbocycles. The maximum Gasteiger partial charge on any atom is 0.419 e. The number of carbonyl (C=O) groups excluding carboxylic acids is 1. The second-order valence-electron chi connectivity index (χ2n) is 8.87. The van der Waals surface area contributed by atoms with E-state index in [0.29, 0.717) is 11.4 Å². The van der Waals surface area contributed by atoms with Crippen LogP contribution in [0, 0.1) is 5.82 Å². The number of aromatic nitrogens is 1. The lowest BCUT2D eigenvalue weighted by atomic mass is 9.88. The number of nitrogens with zero attached hydrogens (tertiary/aromatic N) is 2. The number of amides is 1. The van der Waals surface area contributed by atoms with Crippen LogP contribution in [-0.4, -0.2) is 49.5 Å². The first-order valence-corrected chi connectivity index (χ1v) is 12.6. The van der Waals surface area contributed by atoms with E-state index < -0.39 is 28.1 Å². The van der Waals surface area contributed by atoms with Crippen LogP contribution in [0.5, 0.6) is 0 Å². The van der Waals surface area contributed by atoms with Crippen LogP contribution in [0.1, 0.15) is 58.1 Å². The number of pyridine rings is 1. The number of hydrogen-bond acceptors (Lipinski definition) is 5. The number of carbonyl (C=O) groups is 1. The third kappa shape index (κ3) is 4.06. The highest BCUT2D eigenvalue weighted by Crippen LogP contribution is 2.56. The van der Waals surface area contributed by atoms with Gasteiger partial charge >= 0.3 is 6.18 Å². The predicted molar refractivity (Wildman–Crippen MR) is 117 cm³/mol. The highest BCUT2D eigenvalue weighted by atomic mass is 32.3. The average Bonchev–Trinajstić information content (AvgIpc) is 3.37. The lowest BCUT2D eigenvalue weighted by Gasteiger charge is -2.41. The summed E-state index contributed by atoms with van der Waals surface area (Å²) in [5, 5.41) is 2.92. The van der Waals surface area contributed by atoms with Gasteiger partial charge in [-0.3, -0.25) is 13.9 Å². The maximum atomic E-state index is 13.7. The number of rotatable bonds is 3. The van der Waals surface area contributed by atoms with Gasteiger partial charge in [0.15, 0.2) is 0 Å². The first-order valence-electron chi connectivity index (χ1n) is 10.7. The fraction of sp³-hybridized carbons (Fsp3) is 0.455. The molecule has 5 rings (SSSR count). The van der Waals surface area contributed by atoms with Crippen molar-refractivity contribution in [1.29, 1.82) is 0 Å².